The van der Waals surface area contributed by atoms with E-state index in [0.717, 1.165) is 34.3 Å². The largest absolute Gasteiger partial charge is 0.456 e. The Morgan fingerprint density at radius 3 is 2.66 bits per heavy atom. The lowest BCUT2D eigenvalue weighted by atomic mass is 9.76. The summed E-state index contributed by atoms with van der Waals surface area (Å²) in [6.07, 6.45) is 0.813. The number of furan rings is 1. The van der Waals surface area contributed by atoms with Crippen LogP contribution in [0.2, 0.25) is 0 Å². The Kier molecular flexibility index (Phi) is 5.24. The fraction of sp³-hybridized carbons (Fsp3) is 0.304. The van der Waals surface area contributed by atoms with Crippen molar-refractivity contribution in [2.75, 3.05) is 13.2 Å². The summed E-state index contributed by atoms with van der Waals surface area (Å²) in [6.45, 7) is 2.32. The molecule has 148 valence electrons. The number of fused-ring (bicyclic) bond motifs is 1. The lowest BCUT2D eigenvalue weighted by Crippen LogP contribution is -2.67. The van der Waals surface area contributed by atoms with Crippen molar-refractivity contribution >= 4 is 17.0 Å². The highest BCUT2D eigenvalue weighted by atomic mass is 16.3. The Bertz CT molecular complexity index is 1020. The van der Waals surface area contributed by atoms with E-state index in [1.807, 2.05) is 61.5 Å². The number of rotatable bonds is 5. The summed E-state index contributed by atoms with van der Waals surface area (Å²) in [4.78, 5) is 13.8. The molecule has 29 heavy (non-hydrogen) atoms. The third-order valence-corrected chi connectivity index (χ3v) is 5.50. The van der Waals surface area contributed by atoms with E-state index in [1.54, 1.807) is 0 Å². The van der Waals surface area contributed by atoms with Crippen molar-refractivity contribution in [2.24, 2.45) is 0 Å². The minimum absolute atomic E-state index is 0.187. The predicted molar refractivity (Wildman–Crippen MR) is 110 cm³/mol. The molecule has 4 rings (SSSR count). The van der Waals surface area contributed by atoms with Crippen LogP contribution < -0.4 is 5.32 Å². The second-order valence-electron chi connectivity index (χ2n) is 7.26. The molecule has 3 aromatic rings. The number of carbonyl (C=O) groups excluding carboxylic acids is 1. The Balaban J connectivity index is 1.56. The van der Waals surface area contributed by atoms with Crippen LogP contribution in [0.5, 0.6) is 0 Å². The molecule has 6 heteroatoms. The van der Waals surface area contributed by atoms with Crippen molar-refractivity contribution in [3.63, 3.8) is 0 Å². The first-order valence-electron chi connectivity index (χ1n) is 9.83. The minimum Gasteiger partial charge on any atom is -0.456 e. The number of carbonyl (C=O) groups is 1. The van der Waals surface area contributed by atoms with E-state index < -0.39 is 12.1 Å². The summed E-state index contributed by atoms with van der Waals surface area (Å²) >= 11 is 0. The van der Waals surface area contributed by atoms with Crippen LogP contribution in [0.1, 0.15) is 24.8 Å². The van der Waals surface area contributed by atoms with Gasteiger partial charge in [-0.05, 0) is 24.1 Å². The predicted octanol–water partition coefficient (Wildman–Crippen LogP) is 3.87. The zero-order valence-corrected chi connectivity index (χ0v) is 16.2. The van der Waals surface area contributed by atoms with E-state index in [0.29, 0.717) is 6.54 Å². The molecule has 6 nitrogen and oxygen atoms in total. The van der Waals surface area contributed by atoms with Gasteiger partial charge in [-0.1, -0.05) is 49.4 Å². The molecule has 1 fully saturated rings. The monoisotopic (exact) mass is 389 g/mol. The van der Waals surface area contributed by atoms with Gasteiger partial charge in [-0.2, -0.15) is 5.26 Å². The van der Waals surface area contributed by atoms with Crippen LogP contribution in [0.25, 0.3) is 22.3 Å². The van der Waals surface area contributed by atoms with E-state index in [-0.39, 0.29) is 18.6 Å². The Labute approximate surface area is 169 Å². The summed E-state index contributed by atoms with van der Waals surface area (Å²) < 4.78 is 5.91. The molecule has 2 amide bonds. The molecule has 0 saturated carbocycles. The highest BCUT2D eigenvalue weighted by Gasteiger charge is 2.51. The van der Waals surface area contributed by atoms with Gasteiger partial charge in [0.15, 0.2) is 0 Å². The van der Waals surface area contributed by atoms with E-state index in [4.69, 9.17) is 4.42 Å². The molecule has 3 atom stereocenters. The summed E-state index contributed by atoms with van der Waals surface area (Å²) in [7, 11) is 0. The molecule has 0 aliphatic carbocycles. The van der Waals surface area contributed by atoms with Crippen LogP contribution in [0.4, 0.5) is 4.79 Å². The number of aliphatic hydroxyl groups excluding tert-OH is 1. The van der Waals surface area contributed by atoms with Crippen LogP contribution in [0.15, 0.2) is 59.0 Å². The number of aliphatic hydroxyl groups is 1. The number of hydrogen-bond donors (Lipinski definition) is 2. The van der Waals surface area contributed by atoms with Gasteiger partial charge in [0.05, 0.1) is 18.7 Å². The van der Waals surface area contributed by atoms with Gasteiger partial charge in [0.1, 0.15) is 17.4 Å². The SMILES string of the molecule is CCCNC(=O)N1[C@H](C#N)[C@H](c2ccc(-c3cc4ccccc4o3)cc2)[C@H]1CO. The number of urea groups is 1. The van der Waals surface area contributed by atoms with Crippen LogP contribution in [-0.2, 0) is 0 Å². The number of hydrogen-bond acceptors (Lipinski definition) is 4. The molecular weight excluding hydrogens is 366 g/mol. The third kappa shape index (κ3) is 3.34. The fourth-order valence-corrected chi connectivity index (χ4v) is 4.00. The van der Waals surface area contributed by atoms with E-state index in [9.17, 15) is 15.2 Å². The Hall–Kier alpha value is -3.30. The average Bonchev–Trinajstić information content (AvgIpc) is 3.17. The summed E-state index contributed by atoms with van der Waals surface area (Å²) in [5.41, 5.74) is 2.70. The molecule has 0 unspecified atom stereocenters. The molecular formula is C23H23N3O3. The van der Waals surface area contributed by atoms with Crippen molar-refractivity contribution in [1.29, 1.82) is 5.26 Å². The number of para-hydroxylation sites is 1. The van der Waals surface area contributed by atoms with Gasteiger partial charge in [0.2, 0.25) is 0 Å². The molecule has 2 heterocycles. The number of nitriles is 1. The number of amides is 2. The lowest BCUT2D eigenvalue weighted by molar-refractivity contribution is 0.0169. The van der Waals surface area contributed by atoms with Crippen LogP contribution >= 0.6 is 0 Å². The van der Waals surface area contributed by atoms with Gasteiger partial charge in [-0.25, -0.2) is 4.79 Å². The second-order valence-corrected chi connectivity index (χ2v) is 7.26. The average molecular weight is 389 g/mol. The fourth-order valence-electron chi connectivity index (χ4n) is 4.00. The summed E-state index contributed by atoms with van der Waals surface area (Å²) in [5.74, 6) is 0.560. The van der Waals surface area contributed by atoms with Gasteiger partial charge in [0, 0.05) is 23.4 Å². The molecule has 2 N–H and O–H groups in total. The minimum atomic E-state index is -0.596. The normalized spacial score (nSPS) is 20.9. The maximum Gasteiger partial charge on any atom is 0.318 e. The number of nitrogens with one attached hydrogen (secondary N) is 1. The molecule has 1 aliphatic rings. The topological polar surface area (TPSA) is 89.5 Å². The van der Waals surface area contributed by atoms with Gasteiger partial charge >= 0.3 is 6.03 Å². The summed E-state index contributed by atoms with van der Waals surface area (Å²) in [5, 5.41) is 23.3. The van der Waals surface area contributed by atoms with Crippen LogP contribution in [0, 0.1) is 11.3 Å². The van der Waals surface area contributed by atoms with Crippen LogP contribution in [-0.4, -0.2) is 41.3 Å². The lowest BCUT2D eigenvalue weighted by Gasteiger charge is -2.51. The first-order chi connectivity index (χ1) is 14.2. The van der Waals surface area contributed by atoms with E-state index in [2.05, 4.69) is 11.4 Å². The summed E-state index contributed by atoms with van der Waals surface area (Å²) in [6, 6.07) is 18.6. The highest BCUT2D eigenvalue weighted by molar-refractivity contribution is 5.82. The van der Waals surface area contributed by atoms with Crippen LogP contribution in [0.3, 0.4) is 0 Å². The van der Waals surface area contributed by atoms with Crippen molar-refractivity contribution in [2.45, 2.75) is 31.3 Å². The molecule has 1 aliphatic heterocycles. The Morgan fingerprint density at radius 2 is 2.00 bits per heavy atom. The maximum atomic E-state index is 12.4. The van der Waals surface area contributed by atoms with E-state index in [1.165, 1.54) is 4.90 Å². The zero-order valence-electron chi connectivity index (χ0n) is 16.2. The molecule has 1 saturated heterocycles. The number of nitrogens with zero attached hydrogens (tertiary/aromatic N) is 2. The van der Waals surface area contributed by atoms with Gasteiger partial charge in [0.25, 0.3) is 0 Å². The molecule has 1 aromatic heterocycles. The molecule has 0 bridgehead atoms. The van der Waals surface area contributed by atoms with Gasteiger partial charge in [-0.3, -0.25) is 0 Å². The third-order valence-electron chi connectivity index (χ3n) is 5.50. The molecule has 0 spiro atoms. The van der Waals surface area contributed by atoms with Gasteiger partial charge < -0.3 is 19.7 Å². The standard InChI is InChI=1S/C23H23N3O3/c1-2-11-25-23(28)26-18(13-24)22(19(26)14-27)16-9-7-15(8-10-16)21-12-17-5-3-4-6-20(17)29-21/h3-10,12,18-19,22,27H,2,11,14H2,1H3,(H,25,28)/t18-,19-,22+/m1/s1. The second kappa shape index (κ2) is 7.98. The van der Waals surface area contributed by atoms with Crippen molar-refractivity contribution in [1.82, 2.24) is 10.2 Å². The quantitative estimate of drug-likeness (QED) is 0.693. The van der Waals surface area contributed by atoms with Crippen molar-refractivity contribution < 1.29 is 14.3 Å². The van der Waals surface area contributed by atoms with E-state index >= 15 is 0 Å². The maximum absolute atomic E-state index is 12.4. The number of benzene rings is 2. The Morgan fingerprint density at radius 1 is 1.24 bits per heavy atom. The molecule has 0 radical (unpaired) electrons. The zero-order chi connectivity index (χ0) is 20.4. The molecule has 2 aromatic carbocycles. The number of likely N-dealkylation sites (tertiary alicyclic amines) is 1. The first kappa shape index (κ1) is 19.0. The highest BCUT2D eigenvalue weighted by Crippen LogP contribution is 2.41. The first-order valence-corrected chi connectivity index (χ1v) is 9.83. The smallest absolute Gasteiger partial charge is 0.318 e. The van der Waals surface area contributed by atoms with Gasteiger partial charge in [-0.15, -0.1) is 0 Å². The van der Waals surface area contributed by atoms with Crippen molar-refractivity contribution in [3.8, 4) is 17.4 Å². The van der Waals surface area contributed by atoms with Crippen molar-refractivity contribution in [3.05, 3.63) is 60.2 Å².